The highest BCUT2D eigenvalue weighted by atomic mass is 35.5. The molecular weight excluding hydrogens is 357 g/mol. The third-order valence-corrected chi connectivity index (χ3v) is 3.93. The van der Waals surface area contributed by atoms with Crippen LogP contribution in [0.25, 0.3) is 11.0 Å². The van der Waals surface area contributed by atoms with Crippen molar-refractivity contribution in [1.29, 1.82) is 0 Å². The van der Waals surface area contributed by atoms with E-state index in [0.717, 1.165) is 11.1 Å². The molecule has 6 nitrogen and oxygen atoms in total. The van der Waals surface area contributed by atoms with Crippen LogP contribution >= 0.6 is 11.6 Å². The topological polar surface area (TPSA) is 72.0 Å². The van der Waals surface area contributed by atoms with Crippen molar-refractivity contribution in [3.8, 4) is 5.75 Å². The zero-order chi connectivity index (χ0) is 18.4. The van der Waals surface area contributed by atoms with Gasteiger partial charge < -0.3 is 15.4 Å². The Morgan fingerprint density at radius 1 is 1.19 bits per heavy atom. The summed E-state index contributed by atoms with van der Waals surface area (Å²) in [4.78, 5) is 12.6. The second-order valence-electron chi connectivity index (χ2n) is 5.64. The van der Waals surface area contributed by atoms with Gasteiger partial charge in [0.2, 0.25) is 0 Å². The van der Waals surface area contributed by atoms with E-state index in [1.54, 1.807) is 18.2 Å². The van der Waals surface area contributed by atoms with E-state index in [2.05, 4.69) is 25.6 Å². The van der Waals surface area contributed by atoms with Crippen LogP contribution in [0.2, 0.25) is 5.15 Å². The van der Waals surface area contributed by atoms with Crippen LogP contribution in [0.4, 0.5) is 10.2 Å². The third kappa shape index (κ3) is 4.56. The maximum atomic E-state index is 13.4. The van der Waals surface area contributed by atoms with Crippen LogP contribution < -0.4 is 15.4 Å². The first-order valence-corrected chi connectivity index (χ1v) is 8.62. The predicted octanol–water partition coefficient (Wildman–Crippen LogP) is 3.42. The van der Waals surface area contributed by atoms with Crippen molar-refractivity contribution < 1.29 is 9.13 Å². The van der Waals surface area contributed by atoms with Crippen LogP contribution in [0.1, 0.15) is 12.0 Å². The van der Waals surface area contributed by atoms with Crippen LogP contribution in [0.5, 0.6) is 5.75 Å². The van der Waals surface area contributed by atoms with E-state index < -0.39 is 0 Å². The molecule has 0 saturated heterocycles. The lowest BCUT2D eigenvalue weighted by Gasteiger charge is -2.12. The maximum Gasteiger partial charge on any atom is 0.156 e. The van der Waals surface area contributed by atoms with E-state index in [4.69, 9.17) is 16.3 Å². The monoisotopic (exact) mass is 375 g/mol. The van der Waals surface area contributed by atoms with Crippen molar-refractivity contribution in [3.63, 3.8) is 0 Å². The summed E-state index contributed by atoms with van der Waals surface area (Å²) in [6.45, 7) is 1.69. The van der Waals surface area contributed by atoms with Crippen LogP contribution in [-0.2, 0) is 6.54 Å². The minimum absolute atomic E-state index is 0.312. The lowest BCUT2D eigenvalue weighted by Crippen LogP contribution is -2.11. The summed E-state index contributed by atoms with van der Waals surface area (Å²) in [6.07, 6.45) is 2.19. The average molecular weight is 376 g/mol. The average Bonchev–Trinajstić information content (AvgIpc) is 2.64. The number of rotatable bonds is 8. The molecule has 0 spiro atoms. The maximum absolute atomic E-state index is 13.4. The van der Waals surface area contributed by atoms with Crippen LogP contribution in [0.3, 0.4) is 0 Å². The Kier molecular flexibility index (Phi) is 6.14. The Morgan fingerprint density at radius 2 is 2.08 bits per heavy atom. The van der Waals surface area contributed by atoms with Gasteiger partial charge in [-0.15, -0.1) is 0 Å². The molecule has 3 rings (SSSR count). The quantitative estimate of drug-likeness (QED) is 0.464. The normalized spacial score (nSPS) is 10.9. The van der Waals surface area contributed by atoms with Crippen molar-refractivity contribution in [3.05, 3.63) is 53.2 Å². The van der Waals surface area contributed by atoms with Gasteiger partial charge in [0.1, 0.15) is 28.6 Å². The van der Waals surface area contributed by atoms with Gasteiger partial charge in [0.15, 0.2) is 5.82 Å². The Labute approximate surface area is 155 Å². The first kappa shape index (κ1) is 18.3. The molecule has 0 saturated carbocycles. The molecule has 26 heavy (non-hydrogen) atoms. The van der Waals surface area contributed by atoms with Crippen molar-refractivity contribution in [1.82, 2.24) is 20.3 Å². The van der Waals surface area contributed by atoms with Gasteiger partial charge in [0.25, 0.3) is 0 Å². The second kappa shape index (κ2) is 8.73. The Morgan fingerprint density at radius 3 is 2.92 bits per heavy atom. The lowest BCUT2D eigenvalue weighted by molar-refractivity contribution is 0.309. The summed E-state index contributed by atoms with van der Waals surface area (Å²) >= 11 is 5.95. The van der Waals surface area contributed by atoms with Crippen molar-refractivity contribution >= 4 is 28.5 Å². The van der Waals surface area contributed by atoms with Crippen LogP contribution in [0, 0.1) is 5.82 Å². The number of anilines is 1. The molecule has 0 aliphatic heterocycles. The summed E-state index contributed by atoms with van der Waals surface area (Å²) < 4.78 is 19.1. The molecule has 0 aliphatic carbocycles. The highest BCUT2D eigenvalue weighted by Gasteiger charge is 2.07. The van der Waals surface area contributed by atoms with Gasteiger partial charge in [0, 0.05) is 24.7 Å². The summed E-state index contributed by atoms with van der Waals surface area (Å²) in [7, 11) is 1.84. The fourth-order valence-electron chi connectivity index (χ4n) is 2.51. The molecule has 0 bridgehead atoms. The molecule has 0 fully saturated rings. The first-order valence-electron chi connectivity index (χ1n) is 8.24. The number of hydrogen-bond donors (Lipinski definition) is 2. The number of fused-ring (bicyclic) bond motifs is 1. The molecule has 0 atom stereocenters. The lowest BCUT2D eigenvalue weighted by atomic mass is 10.2. The molecule has 2 aromatic heterocycles. The first-order chi connectivity index (χ1) is 12.7. The molecule has 2 N–H and O–H groups in total. The molecule has 2 heterocycles. The van der Waals surface area contributed by atoms with Crippen LogP contribution in [-0.4, -0.2) is 35.2 Å². The summed E-state index contributed by atoms with van der Waals surface area (Å²) in [5.41, 5.74) is 2.27. The zero-order valence-electron chi connectivity index (χ0n) is 14.3. The van der Waals surface area contributed by atoms with E-state index in [-0.39, 0.29) is 5.82 Å². The summed E-state index contributed by atoms with van der Waals surface area (Å²) in [5, 5.41) is 6.65. The predicted molar refractivity (Wildman–Crippen MR) is 100 cm³/mol. The van der Waals surface area contributed by atoms with Crippen LogP contribution in [0.15, 0.2) is 36.7 Å². The van der Waals surface area contributed by atoms with Gasteiger partial charge in [-0.2, -0.15) is 0 Å². The zero-order valence-corrected chi connectivity index (χ0v) is 15.1. The van der Waals surface area contributed by atoms with Gasteiger partial charge in [-0.05, 0) is 31.7 Å². The Bertz CT molecular complexity index is 893. The van der Waals surface area contributed by atoms with E-state index in [9.17, 15) is 4.39 Å². The van der Waals surface area contributed by atoms with E-state index in [1.807, 2.05) is 7.05 Å². The standard InChI is InChI=1S/C18H19ClFN5O/c1-21-10-12-3-4-13(20)9-15(12)26-8-2-7-22-18-17-14(23-11-24-18)5-6-16(19)25-17/h3-6,9,11,21H,2,7-8,10H2,1H3,(H,22,23,24). The molecule has 0 amide bonds. The van der Waals surface area contributed by atoms with Gasteiger partial charge in [-0.3, -0.25) is 0 Å². The SMILES string of the molecule is CNCc1ccc(F)cc1OCCCNc1ncnc2ccc(Cl)nc12. The summed E-state index contributed by atoms with van der Waals surface area (Å²) in [5.74, 6) is 0.868. The molecule has 1 aromatic carbocycles. The fourth-order valence-corrected chi connectivity index (χ4v) is 2.65. The number of benzene rings is 1. The number of pyridine rings is 1. The second-order valence-corrected chi connectivity index (χ2v) is 6.02. The number of nitrogens with zero attached hydrogens (tertiary/aromatic N) is 3. The van der Waals surface area contributed by atoms with Gasteiger partial charge >= 0.3 is 0 Å². The summed E-state index contributed by atoms with van der Waals surface area (Å²) in [6, 6.07) is 8.05. The highest BCUT2D eigenvalue weighted by Crippen LogP contribution is 2.21. The molecular formula is C18H19ClFN5O. The smallest absolute Gasteiger partial charge is 0.156 e. The van der Waals surface area contributed by atoms with Gasteiger partial charge in [-0.1, -0.05) is 17.7 Å². The van der Waals surface area contributed by atoms with E-state index in [1.165, 1.54) is 18.5 Å². The molecule has 136 valence electrons. The number of hydrogen-bond acceptors (Lipinski definition) is 6. The molecule has 8 heteroatoms. The Balaban J connectivity index is 1.55. The minimum atomic E-state index is -0.312. The number of aromatic nitrogens is 3. The minimum Gasteiger partial charge on any atom is -0.493 e. The molecule has 3 aromatic rings. The number of nitrogens with one attached hydrogen (secondary N) is 2. The third-order valence-electron chi connectivity index (χ3n) is 3.72. The molecule has 0 radical (unpaired) electrons. The largest absolute Gasteiger partial charge is 0.493 e. The molecule has 0 unspecified atom stereocenters. The number of ether oxygens (including phenoxy) is 1. The number of halogens is 2. The van der Waals surface area contributed by atoms with Crippen molar-refractivity contribution in [2.75, 3.05) is 25.5 Å². The van der Waals surface area contributed by atoms with Crippen molar-refractivity contribution in [2.24, 2.45) is 0 Å². The van der Waals surface area contributed by atoms with Gasteiger partial charge in [0.05, 0.1) is 12.1 Å². The molecule has 0 aliphatic rings. The highest BCUT2D eigenvalue weighted by molar-refractivity contribution is 6.29. The van der Waals surface area contributed by atoms with E-state index in [0.29, 0.717) is 48.4 Å². The van der Waals surface area contributed by atoms with Gasteiger partial charge in [-0.25, -0.2) is 19.3 Å². The van der Waals surface area contributed by atoms with E-state index >= 15 is 0 Å². The van der Waals surface area contributed by atoms with Crippen molar-refractivity contribution in [2.45, 2.75) is 13.0 Å². The fraction of sp³-hybridized carbons (Fsp3) is 0.278. The Hall–Kier alpha value is -2.51.